The number of hydrogen-bond acceptors (Lipinski definition) is 4. The largest absolute Gasteiger partial charge is 0.393 e. The Hall–Kier alpha value is -1.49. The number of Topliss-reactive ketones (excluding diaryl/α,β-unsaturated/α-hetero) is 1. The van der Waals surface area contributed by atoms with Crippen molar-refractivity contribution in [3.63, 3.8) is 0 Å². The minimum atomic E-state index is -0.828. The lowest BCUT2D eigenvalue weighted by Crippen LogP contribution is -2.32. The van der Waals surface area contributed by atoms with Gasteiger partial charge in [-0.15, -0.1) is 0 Å². The third kappa shape index (κ3) is 5.55. The van der Waals surface area contributed by atoms with Gasteiger partial charge >= 0.3 is 0 Å². The van der Waals surface area contributed by atoms with Crippen LogP contribution in [-0.4, -0.2) is 39.9 Å². The molecule has 4 atom stereocenters. The number of aryl methyl sites for hydroxylation is 1. The number of hydrogen-bond donors (Lipinski definition) is 3. The van der Waals surface area contributed by atoms with Gasteiger partial charge in [-0.1, -0.05) is 56.7 Å². The minimum Gasteiger partial charge on any atom is -0.393 e. The van der Waals surface area contributed by atoms with Crippen molar-refractivity contribution in [1.29, 1.82) is 0 Å². The van der Waals surface area contributed by atoms with E-state index >= 15 is 0 Å². The second-order valence-electron chi connectivity index (χ2n) is 6.52. The first-order valence-corrected chi connectivity index (χ1v) is 8.58. The summed E-state index contributed by atoms with van der Waals surface area (Å²) in [6.07, 6.45) is 2.61. The average Bonchev–Trinajstić information content (AvgIpc) is 2.57. The second kappa shape index (κ2) is 9.72. The van der Waals surface area contributed by atoms with Gasteiger partial charge in [0.05, 0.1) is 18.8 Å². The van der Waals surface area contributed by atoms with E-state index in [1.165, 1.54) is 0 Å². The number of carbonyl (C=O) groups is 1. The SMILES string of the molecule is CC[C@H](O)CC(=O)[C@H](C)[C@@H](O)[C@@H](C)c1ccc(C)cc1/C=C/CO. The highest BCUT2D eigenvalue weighted by Gasteiger charge is 2.29. The van der Waals surface area contributed by atoms with Crippen molar-refractivity contribution in [3.8, 4) is 0 Å². The van der Waals surface area contributed by atoms with Gasteiger partial charge in [0, 0.05) is 18.3 Å². The molecule has 0 saturated heterocycles. The summed E-state index contributed by atoms with van der Waals surface area (Å²) in [5, 5.41) is 29.3. The van der Waals surface area contributed by atoms with E-state index in [-0.39, 0.29) is 24.7 Å². The Bertz CT molecular complexity index is 565. The van der Waals surface area contributed by atoms with Crippen LogP contribution < -0.4 is 0 Å². The van der Waals surface area contributed by atoms with Crippen LogP contribution in [0.15, 0.2) is 24.3 Å². The van der Waals surface area contributed by atoms with Crippen LogP contribution in [0.2, 0.25) is 0 Å². The predicted octanol–water partition coefficient (Wildman–Crippen LogP) is 2.83. The topological polar surface area (TPSA) is 77.8 Å². The molecule has 1 aromatic rings. The molecule has 0 aliphatic rings. The molecular formula is C20H30O4. The van der Waals surface area contributed by atoms with Crippen molar-refractivity contribution in [2.24, 2.45) is 5.92 Å². The van der Waals surface area contributed by atoms with Crippen LogP contribution in [0.3, 0.4) is 0 Å². The molecule has 3 N–H and O–H groups in total. The van der Waals surface area contributed by atoms with Crippen LogP contribution in [0, 0.1) is 12.8 Å². The zero-order valence-electron chi connectivity index (χ0n) is 15.1. The lowest BCUT2D eigenvalue weighted by Gasteiger charge is -2.26. The molecule has 4 heteroatoms. The van der Waals surface area contributed by atoms with Crippen LogP contribution in [0.5, 0.6) is 0 Å². The summed E-state index contributed by atoms with van der Waals surface area (Å²) in [7, 11) is 0. The summed E-state index contributed by atoms with van der Waals surface area (Å²) in [5.41, 5.74) is 2.96. The molecule has 0 aliphatic heterocycles. The predicted molar refractivity (Wildman–Crippen MR) is 96.8 cm³/mol. The van der Waals surface area contributed by atoms with Crippen molar-refractivity contribution in [2.75, 3.05) is 6.61 Å². The van der Waals surface area contributed by atoms with Gasteiger partial charge in [0.2, 0.25) is 0 Å². The Kier molecular flexibility index (Phi) is 8.32. The molecule has 4 nitrogen and oxygen atoms in total. The summed E-state index contributed by atoms with van der Waals surface area (Å²) in [6, 6.07) is 5.93. The van der Waals surface area contributed by atoms with E-state index in [4.69, 9.17) is 5.11 Å². The molecule has 24 heavy (non-hydrogen) atoms. The van der Waals surface area contributed by atoms with E-state index < -0.39 is 18.1 Å². The summed E-state index contributed by atoms with van der Waals surface area (Å²) in [6.45, 7) is 7.37. The smallest absolute Gasteiger partial charge is 0.140 e. The highest BCUT2D eigenvalue weighted by molar-refractivity contribution is 5.81. The average molecular weight is 334 g/mol. The van der Waals surface area contributed by atoms with Crippen molar-refractivity contribution in [1.82, 2.24) is 0 Å². The number of rotatable bonds is 9. The fourth-order valence-electron chi connectivity index (χ4n) is 2.80. The second-order valence-corrected chi connectivity index (χ2v) is 6.52. The van der Waals surface area contributed by atoms with E-state index in [1.807, 2.05) is 45.0 Å². The molecule has 0 saturated carbocycles. The molecule has 1 rings (SSSR count). The normalized spacial score (nSPS) is 16.8. The van der Waals surface area contributed by atoms with Crippen molar-refractivity contribution < 1.29 is 20.1 Å². The monoisotopic (exact) mass is 334 g/mol. The van der Waals surface area contributed by atoms with E-state index in [0.29, 0.717) is 6.42 Å². The first kappa shape index (κ1) is 20.6. The molecular weight excluding hydrogens is 304 g/mol. The fourth-order valence-corrected chi connectivity index (χ4v) is 2.80. The number of benzene rings is 1. The van der Waals surface area contributed by atoms with Gasteiger partial charge < -0.3 is 15.3 Å². The van der Waals surface area contributed by atoms with Crippen LogP contribution >= 0.6 is 0 Å². The Labute approximate surface area is 144 Å². The lowest BCUT2D eigenvalue weighted by molar-refractivity contribution is -0.128. The van der Waals surface area contributed by atoms with Crippen molar-refractivity contribution in [2.45, 2.75) is 58.7 Å². The lowest BCUT2D eigenvalue weighted by atomic mass is 9.82. The standard InChI is InChI=1S/C20H30O4/c1-5-17(22)12-19(23)15(4)20(24)14(3)18-9-8-13(2)11-16(18)7-6-10-21/h6-9,11,14-15,17,20-22,24H,5,10,12H2,1-4H3/b7-6+/t14-,15-,17-,20-/m0/s1. The molecule has 0 unspecified atom stereocenters. The fraction of sp³-hybridized carbons (Fsp3) is 0.550. The van der Waals surface area contributed by atoms with Crippen LogP contribution in [0.25, 0.3) is 6.08 Å². The Balaban J connectivity index is 2.97. The number of carbonyl (C=O) groups excluding carboxylic acids is 1. The van der Waals surface area contributed by atoms with Crippen LogP contribution in [0.1, 0.15) is 56.2 Å². The molecule has 0 spiro atoms. The van der Waals surface area contributed by atoms with Gasteiger partial charge in [0.25, 0.3) is 0 Å². The number of aliphatic hydroxyl groups is 3. The number of ketones is 1. The Morgan fingerprint density at radius 2 is 1.92 bits per heavy atom. The molecule has 0 aromatic heterocycles. The summed E-state index contributed by atoms with van der Waals surface area (Å²) < 4.78 is 0. The third-order valence-electron chi connectivity index (χ3n) is 4.58. The molecule has 0 amide bonds. The van der Waals surface area contributed by atoms with Crippen LogP contribution in [-0.2, 0) is 4.79 Å². The zero-order chi connectivity index (χ0) is 18.3. The highest BCUT2D eigenvalue weighted by Crippen LogP contribution is 2.29. The molecule has 1 aromatic carbocycles. The maximum absolute atomic E-state index is 12.2. The summed E-state index contributed by atoms with van der Waals surface area (Å²) in [4.78, 5) is 12.2. The zero-order valence-corrected chi connectivity index (χ0v) is 15.1. The third-order valence-corrected chi connectivity index (χ3v) is 4.58. The first-order valence-electron chi connectivity index (χ1n) is 8.58. The van der Waals surface area contributed by atoms with Gasteiger partial charge in [0.15, 0.2) is 0 Å². The van der Waals surface area contributed by atoms with Gasteiger partial charge in [-0.05, 0) is 24.5 Å². The molecule has 0 heterocycles. The van der Waals surface area contributed by atoms with Crippen molar-refractivity contribution >= 4 is 11.9 Å². The molecule has 0 fully saturated rings. The van der Waals surface area contributed by atoms with Gasteiger partial charge in [-0.3, -0.25) is 4.79 Å². The van der Waals surface area contributed by atoms with E-state index in [1.54, 1.807) is 13.0 Å². The van der Waals surface area contributed by atoms with Crippen LogP contribution in [0.4, 0.5) is 0 Å². The Morgan fingerprint density at radius 1 is 1.25 bits per heavy atom. The molecule has 134 valence electrons. The summed E-state index contributed by atoms with van der Waals surface area (Å²) >= 11 is 0. The van der Waals surface area contributed by atoms with Gasteiger partial charge in [0.1, 0.15) is 5.78 Å². The quantitative estimate of drug-likeness (QED) is 0.649. The molecule has 0 radical (unpaired) electrons. The molecule has 0 aliphatic carbocycles. The van der Waals surface area contributed by atoms with Gasteiger partial charge in [-0.2, -0.15) is 0 Å². The minimum absolute atomic E-state index is 0.0475. The number of aliphatic hydroxyl groups excluding tert-OH is 3. The summed E-state index contributed by atoms with van der Waals surface area (Å²) in [5.74, 6) is -0.901. The van der Waals surface area contributed by atoms with Crippen molar-refractivity contribution in [3.05, 3.63) is 41.0 Å². The Morgan fingerprint density at radius 3 is 2.50 bits per heavy atom. The highest BCUT2D eigenvalue weighted by atomic mass is 16.3. The maximum Gasteiger partial charge on any atom is 0.140 e. The van der Waals surface area contributed by atoms with E-state index in [0.717, 1.165) is 16.7 Å². The maximum atomic E-state index is 12.2. The van der Waals surface area contributed by atoms with Gasteiger partial charge in [-0.25, -0.2) is 0 Å². The first-order chi connectivity index (χ1) is 11.3. The van der Waals surface area contributed by atoms with E-state index in [2.05, 4.69) is 0 Å². The molecule has 0 bridgehead atoms. The van der Waals surface area contributed by atoms with E-state index in [9.17, 15) is 15.0 Å².